The van der Waals surface area contributed by atoms with Gasteiger partial charge in [-0.3, -0.25) is 14.4 Å². The molecule has 0 radical (unpaired) electrons. The van der Waals surface area contributed by atoms with E-state index in [1.54, 1.807) is 41.8 Å². The first-order chi connectivity index (χ1) is 16.4. The van der Waals surface area contributed by atoms with Crippen LogP contribution in [-0.4, -0.2) is 63.9 Å². The highest BCUT2D eigenvalue weighted by Crippen LogP contribution is 2.21. The summed E-state index contributed by atoms with van der Waals surface area (Å²) in [6, 6.07) is 20.2. The average Bonchev–Trinajstić information content (AvgIpc) is 3.38. The van der Waals surface area contributed by atoms with Crippen LogP contribution >= 0.6 is 11.3 Å². The molecule has 0 bridgehead atoms. The molecule has 1 aromatic heterocycles. The number of thiophene rings is 1. The smallest absolute Gasteiger partial charge is 0.271 e. The molecule has 2 N–H and O–H groups in total. The number of carbonyl (C=O) groups is 1. The van der Waals surface area contributed by atoms with Gasteiger partial charge in [-0.15, -0.1) is 11.3 Å². The Labute approximate surface area is 205 Å². The van der Waals surface area contributed by atoms with Gasteiger partial charge in [0.05, 0.1) is 12.5 Å². The molecule has 0 spiro atoms. The Bertz CT molecular complexity index is 1160. The lowest BCUT2D eigenvalue weighted by molar-refractivity contribution is -0.121. The second-order valence-electron chi connectivity index (χ2n) is 8.55. The quantitative estimate of drug-likeness (QED) is 0.474. The molecule has 9 heteroatoms. The van der Waals surface area contributed by atoms with Gasteiger partial charge in [0, 0.05) is 38.4 Å². The Morgan fingerprint density at radius 1 is 0.971 bits per heavy atom. The number of benzene rings is 2. The van der Waals surface area contributed by atoms with Crippen LogP contribution in [0, 0.1) is 0 Å². The first kappa shape index (κ1) is 24.4. The summed E-state index contributed by atoms with van der Waals surface area (Å²) in [6.07, 6.45) is 0.226. The van der Waals surface area contributed by atoms with Crippen molar-refractivity contribution < 1.29 is 13.2 Å². The average molecular weight is 499 g/mol. The van der Waals surface area contributed by atoms with Crippen LogP contribution in [0.1, 0.15) is 17.2 Å². The highest BCUT2D eigenvalue weighted by Gasteiger charge is 2.21. The van der Waals surface area contributed by atoms with Crippen LogP contribution in [0.25, 0.3) is 0 Å². The minimum absolute atomic E-state index is 0.0603. The van der Waals surface area contributed by atoms with E-state index >= 15 is 0 Å². The number of piperazine rings is 1. The van der Waals surface area contributed by atoms with E-state index in [1.165, 1.54) is 11.3 Å². The number of carbonyl (C=O) groups excluding carboxylic acids is 1. The van der Waals surface area contributed by atoms with E-state index in [-0.39, 0.29) is 22.6 Å². The van der Waals surface area contributed by atoms with E-state index in [1.807, 2.05) is 18.2 Å². The lowest BCUT2D eigenvalue weighted by Gasteiger charge is -2.35. The minimum atomic E-state index is -3.59. The lowest BCUT2D eigenvalue weighted by atomic mass is 10.0. The topological polar surface area (TPSA) is 81.8 Å². The van der Waals surface area contributed by atoms with E-state index in [2.05, 4.69) is 39.0 Å². The van der Waals surface area contributed by atoms with Crippen molar-refractivity contribution in [1.29, 1.82) is 0 Å². The second kappa shape index (κ2) is 11.1. The normalized spacial score (nSPS) is 16.1. The standard InChI is InChI=1S/C25H30N4O3S2/c1-28-13-15-29(16-14-28)19-23(21-6-3-2-4-7-21)26-24(30)18-20-9-11-22(12-10-20)27-34(31,32)25-8-5-17-33-25/h2-12,17,23,27H,13-16,18-19H2,1H3,(H,26,30). The fourth-order valence-corrected chi connectivity index (χ4v) is 6.00. The summed E-state index contributed by atoms with van der Waals surface area (Å²) < 4.78 is 27.6. The summed E-state index contributed by atoms with van der Waals surface area (Å²) in [7, 11) is -1.46. The molecular weight excluding hydrogens is 468 g/mol. The van der Waals surface area contributed by atoms with Gasteiger partial charge in [0.15, 0.2) is 0 Å². The molecule has 180 valence electrons. The number of nitrogens with zero attached hydrogens (tertiary/aromatic N) is 2. The summed E-state index contributed by atoms with van der Waals surface area (Å²) in [5, 5.41) is 4.93. The molecule has 4 rings (SSSR count). The minimum Gasteiger partial charge on any atom is -0.348 e. The Morgan fingerprint density at radius 2 is 1.68 bits per heavy atom. The van der Waals surface area contributed by atoms with Crippen LogP contribution < -0.4 is 10.0 Å². The van der Waals surface area contributed by atoms with Crippen molar-refractivity contribution in [2.24, 2.45) is 0 Å². The van der Waals surface area contributed by atoms with Crippen molar-refractivity contribution in [3.05, 3.63) is 83.2 Å². The summed E-state index contributed by atoms with van der Waals surface area (Å²) in [5.41, 5.74) is 2.38. The molecule has 7 nitrogen and oxygen atoms in total. The first-order valence-corrected chi connectivity index (χ1v) is 13.7. The SMILES string of the molecule is CN1CCN(CC(NC(=O)Cc2ccc(NS(=O)(=O)c3cccs3)cc2)c2ccccc2)CC1. The predicted molar refractivity (Wildman–Crippen MR) is 137 cm³/mol. The fourth-order valence-electron chi connectivity index (χ4n) is 3.95. The summed E-state index contributed by atoms with van der Waals surface area (Å²) >= 11 is 1.17. The Kier molecular flexibility index (Phi) is 7.99. The number of hydrogen-bond acceptors (Lipinski definition) is 6. The maximum absolute atomic E-state index is 12.9. The molecule has 3 aromatic rings. The van der Waals surface area contributed by atoms with Gasteiger partial charge in [-0.25, -0.2) is 8.42 Å². The van der Waals surface area contributed by atoms with E-state index in [0.717, 1.165) is 43.9 Å². The van der Waals surface area contributed by atoms with Crippen LogP contribution in [0.4, 0.5) is 5.69 Å². The van der Waals surface area contributed by atoms with Crippen molar-refractivity contribution >= 4 is 33.0 Å². The fraction of sp³-hybridized carbons (Fsp3) is 0.320. The molecule has 34 heavy (non-hydrogen) atoms. The molecule has 1 aliphatic rings. The summed E-state index contributed by atoms with van der Waals surface area (Å²) in [6.45, 7) is 4.79. The van der Waals surface area contributed by atoms with Gasteiger partial charge in [-0.2, -0.15) is 0 Å². The number of likely N-dealkylation sites (N-methyl/N-ethyl adjacent to an activating group) is 1. The van der Waals surface area contributed by atoms with Crippen molar-refractivity contribution in [3.63, 3.8) is 0 Å². The zero-order valence-corrected chi connectivity index (χ0v) is 20.8. The van der Waals surface area contributed by atoms with Crippen LogP contribution in [0.5, 0.6) is 0 Å². The van der Waals surface area contributed by atoms with Crippen molar-refractivity contribution in [1.82, 2.24) is 15.1 Å². The Morgan fingerprint density at radius 3 is 2.32 bits per heavy atom. The molecule has 1 unspecified atom stereocenters. The van der Waals surface area contributed by atoms with Gasteiger partial charge in [0.2, 0.25) is 5.91 Å². The van der Waals surface area contributed by atoms with E-state index in [9.17, 15) is 13.2 Å². The maximum atomic E-state index is 12.9. The van der Waals surface area contributed by atoms with E-state index in [0.29, 0.717) is 5.69 Å². The highest BCUT2D eigenvalue weighted by atomic mass is 32.2. The third-order valence-electron chi connectivity index (χ3n) is 5.90. The number of amides is 1. The van der Waals surface area contributed by atoms with Crippen LogP contribution in [-0.2, 0) is 21.2 Å². The van der Waals surface area contributed by atoms with Crippen molar-refractivity contribution in [2.45, 2.75) is 16.7 Å². The third kappa shape index (κ3) is 6.66. The molecule has 1 fully saturated rings. The molecule has 2 heterocycles. The van der Waals surface area contributed by atoms with E-state index < -0.39 is 10.0 Å². The van der Waals surface area contributed by atoms with Crippen molar-refractivity contribution in [2.75, 3.05) is 44.5 Å². The Hall–Kier alpha value is -2.72. The highest BCUT2D eigenvalue weighted by molar-refractivity contribution is 7.94. The summed E-state index contributed by atoms with van der Waals surface area (Å²) in [5.74, 6) is -0.0603. The molecule has 1 atom stereocenters. The molecular formula is C25H30N4O3S2. The van der Waals surface area contributed by atoms with Crippen LogP contribution in [0.15, 0.2) is 76.3 Å². The van der Waals surface area contributed by atoms with Gasteiger partial charge in [0.1, 0.15) is 4.21 Å². The van der Waals surface area contributed by atoms with Crippen molar-refractivity contribution in [3.8, 4) is 0 Å². The summed E-state index contributed by atoms with van der Waals surface area (Å²) in [4.78, 5) is 17.6. The van der Waals surface area contributed by atoms with Gasteiger partial charge >= 0.3 is 0 Å². The predicted octanol–water partition coefficient (Wildman–Crippen LogP) is 3.20. The number of sulfonamides is 1. The largest absolute Gasteiger partial charge is 0.348 e. The zero-order chi connectivity index (χ0) is 24.0. The number of nitrogens with one attached hydrogen (secondary N) is 2. The van der Waals surface area contributed by atoms with Crippen LogP contribution in [0.3, 0.4) is 0 Å². The second-order valence-corrected chi connectivity index (χ2v) is 11.4. The molecule has 1 amide bonds. The van der Waals surface area contributed by atoms with E-state index in [4.69, 9.17) is 0 Å². The first-order valence-electron chi connectivity index (χ1n) is 11.3. The van der Waals surface area contributed by atoms with Gasteiger partial charge in [0.25, 0.3) is 10.0 Å². The molecule has 1 saturated heterocycles. The number of anilines is 1. The van der Waals surface area contributed by atoms with Gasteiger partial charge in [-0.05, 0) is 41.8 Å². The number of rotatable bonds is 9. The maximum Gasteiger partial charge on any atom is 0.271 e. The molecule has 2 aromatic carbocycles. The third-order valence-corrected chi connectivity index (χ3v) is 8.68. The van der Waals surface area contributed by atoms with Crippen LogP contribution in [0.2, 0.25) is 0 Å². The molecule has 1 aliphatic heterocycles. The molecule has 0 saturated carbocycles. The van der Waals surface area contributed by atoms with Gasteiger partial charge < -0.3 is 10.2 Å². The Balaban J connectivity index is 1.37. The monoisotopic (exact) mass is 498 g/mol. The lowest BCUT2D eigenvalue weighted by Crippen LogP contribution is -2.48. The van der Waals surface area contributed by atoms with Gasteiger partial charge in [-0.1, -0.05) is 48.5 Å². The molecule has 0 aliphatic carbocycles. The number of hydrogen-bond donors (Lipinski definition) is 2. The zero-order valence-electron chi connectivity index (χ0n) is 19.2.